The summed E-state index contributed by atoms with van der Waals surface area (Å²) in [7, 11) is -9.84. The standard InChI is InChI=1S/C15H23N5O14P2/c16-12-7-13(18-3-17-12)20(4-19-7)14-11(9(22)6(32-14)2-31-36(27,28)29)34-15-10(23)8(21)5(33-15)1-30-35(24,25)26/h3-6,8-11,14-15,21-23H,1-2H2,(H2,16,17,18)(H2,24,25,26)(H2,27,28,29)/t5-,6-,8?,9+,10?,11?,14-,15+/m1/s1. The number of nitrogens with two attached hydrogens (primary N) is 1. The summed E-state index contributed by atoms with van der Waals surface area (Å²) in [6, 6.07) is 0. The number of imidazole rings is 1. The number of hydrogen-bond acceptors (Lipinski definition) is 14. The maximum Gasteiger partial charge on any atom is 0.469 e. The van der Waals surface area contributed by atoms with Crippen LogP contribution in [-0.4, -0.2) is 111 Å². The van der Waals surface area contributed by atoms with Crippen LogP contribution in [0.2, 0.25) is 0 Å². The van der Waals surface area contributed by atoms with Crippen molar-refractivity contribution in [2.45, 2.75) is 49.1 Å². The van der Waals surface area contributed by atoms with E-state index in [1.807, 2.05) is 0 Å². The minimum atomic E-state index is -4.93. The lowest BCUT2D eigenvalue weighted by molar-refractivity contribution is -0.219. The number of phosphoric acid groups is 2. The molecule has 2 fully saturated rings. The van der Waals surface area contributed by atoms with Gasteiger partial charge >= 0.3 is 15.6 Å². The number of ether oxygens (including phenoxy) is 3. The fourth-order valence-corrected chi connectivity index (χ4v) is 4.43. The number of nitrogen functional groups attached to an aromatic ring is 1. The highest BCUT2D eigenvalue weighted by molar-refractivity contribution is 7.46. The smallest absolute Gasteiger partial charge is 0.387 e. The lowest BCUT2D eigenvalue weighted by Crippen LogP contribution is -2.42. The fourth-order valence-electron chi connectivity index (χ4n) is 3.74. The average molecular weight is 559 g/mol. The zero-order valence-corrected chi connectivity index (χ0v) is 19.7. The Hall–Kier alpha value is -1.67. The second-order valence-corrected chi connectivity index (χ2v) is 10.3. The molecule has 0 amide bonds. The third-order valence-corrected chi connectivity index (χ3v) is 6.37. The minimum absolute atomic E-state index is 0.0294. The van der Waals surface area contributed by atoms with Gasteiger partial charge < -0.3 is 54.8 Å². The van der Waals surface area contributed by atoms with Gasteiger partial charge in [0, 0.05) is 0 Å². The monoisotopic (exact) mass is 559 g/mol. The second kappa shape index (κ2) is 10.2. The van der Waals surface area contributed by atoms with Crippen LogP contribution in [0.5, 0.6) is 0 Å². The topological polar surface area (TPSA) is 292 Å². The van der Waals surface area contributed by atoms with Gasteiger partial charge in [-0.3, -0.25) is 13.6 Å². The number of aliphatic hydroxyl groups is 3. The Morgan fingerprint density at radius 3 is 2.14 bits per heavy atom. The molecule has 0 spiro atoms. The largest absolute Gasteiger partial charge is 0.469 e. The van der Waals surface area contributed by atoms with Crippen LogP contribution in [0.15, 0.2) is 12.7 Å². The molecule has 2 aliphatic rings. The van der Waals surface area contributed by atoms with E-state index in [9.17, 15) is 24.4 Å². The van der Waals surface area contributed by atoms with Crippen molar-refractivity contribution >= 4 is 32.6 Å². The van der Waals surface area contributed by atoms with E-state index in [1.54, 1.807) is 0 Å². The molecular formula is C15H23N5O14P2. The van der Waals surface area contributed by atoms with Crippen molar-refractivity contribution in [3.8, 4) is 0 Å². The molecule has 202 valence electrons. The van der Waals surface area contributed by atoms with E-state index in [-0.39, 0.29) is 17.0 Å². The molecule has 19 nitrogen and oxygen atoms in total. The van der Waals surface area contributed by atoms with Gasteiger partial charge in [-0.25, -0.2) is 24.1 Å². The van der Waals surface area contributed by atoms with Gasteiger partial charge in [0.1, 0.15) is 48.5 Å². The molecule has 0 aliphatic carbocycles. The summed E-state index contributed by atoms with van der Waals surface area (Å²) in [5.74, 6) is 0.0294. The van der Waals surface area contributed by atoms with E-state index >= 15 is 0 Å². The molecule has 2 aromatic heterocycles. The highest BCUT2D eigenvalue weighted by atomic mass is 31.2. The molecule has 0 saturated carbocycles. The zero-order chi connectivity index (χ0) is 26.4. The van der Waals surface area contributed by atoms with Crippen molar-refractivity contribution in [2.75, 3.05) is 18.9 Å². The lowest BCUT2D eigenvalue weighted by atomic mass is 10.1. The predicted octanol–water partition coefficient (Wildman–Crippen LogP) is -3.28. The van der Waals surface area contributed by atoms with Crippen LogP contribution in [0.1, 0.15) is 6.23 Å². The number of nitrogens with zero attached hydrogens (tertiary/aromatic N) is 4. The fraction of sp³-hybridized carbons (Fsp3) is 0.667. The first-order valence-corrected chi connectivity index (χ1v) is 13.1. The molecule has 9 N–H and O–H groups in total. The van der Waals surface area contributed by atoms with Crippen molar-refractivity contribution in [3.63, 3.8) is 0 Å². The zero-order valence-electron chi connectivity index (χ0n) is 17.9. The summed E-state index contributed by atoms with van der Waals surface area (Å²) in [6.45, 7) is -1.56. The van der Waals surface area contributed by atoms with Gasteiger partial charge in [0.05, 0.1) is 19.5 Å². The SMILES string of the molecule is Nc1ncnc2c1ncn2[C@@H]1O[C@H](COP(=O)(O)O)[C@H](O)C1O[C@@H]1O[C@H](COP(=O)(O)O)C(O)C1O. The minimum Gasteiger partial charge on any atom is -0.387 e. The summed E-state index contributed by atoms with van der Waals surface area (Å²) in [6.07, 6.45) is -9.83. The molecule has 36 heavy (non-hydrogen) atoms. The molecule has 0 aromatic carbocycles. The van der Waals surface area contributed by atoms with E-state index in [2.05, 4.69) is 24.0 Å². The summed E-state index contributed by atoms with van der Waals surface area (Å²) < 4.78 is 48.8. The Morgan fingerprint density at radius 2 is 1.53 bits per heavy atom. The van der Waals surface area contributed by atoms with E-state index in [4.69, 9.17) is 39.5 Å². The molecule has 8 atom stereocenters. The van der Waals surface area contributed by atoms with Crippen LogP contribution in [0.3, 0.4) is 0 Å². The second-order valence-electron chi connectivity index (χ2n) is 7.84. The third kappa shape index (κ3) is 5.90. The number of hydrogen-bond donors (Lipinski definition) is 8. The Balaban J connectivity index is 1.58. The van der Waals surface area contributed by atoms with Crippen molar-refractivity contribution in [1.29, 1.82) is 0 Å². The first kappa shape index (κ1) is 27.4. The van der Waals surface area contributed by atoms with Crippen molar-refractivity contribution in [2.24, 2.45) is 0 Å². The van der Waals surface area contributed by atoms with Gasteiger partial charge in [0.2, 0.25) is 0 Å². The van der Waals surface area contributed by atoms with Crippen molar-refractivity contribution in [1.82, 2.24) is 19.5 Å². The Morgan fingerprint density at radius 1 is 0.917 bits per heavy atom. The molecule has 4 rings (SSSR count). The summed E-state index contributed by atoms with van der Waals surface area (Å²) >= 11 is 0. The quantitative estimate of drug-likeness (QED) is 0.140. The van der Waals surface area contributed by atoms with Gasteiger partial charge in [-0.1, -0.05) is 0 Å². The summed E-state index contributed by atoms with van der Waals surface area (Å²) in [5, 5.41) is 31.4. The average Bonchev–Trinajstić information content (AvgIpc) is 3.42. The summed E-state index contributed by atoms with van der Waals surface area (Å²) in [4.78, 5) is 47.7. The normalized spacial score (nSPS) is 33.5. The van der Waals surface area contributed by atoms with Crippen LogP contribution in [0, 0.1) is 0 Å². The van der Waals surface area contributed by atoms with Gasteiger partial charge in [-0.05, 0) is 0 Å². The van der Waals surface area contributed by atoms with Crippen LogP contribution in [-0.2, 0) is 32.4 Å². The van der Waals surface area contributed by atoms with Crippen LogP contribution >= 0.6 is 15.6 Å². The molecule has 2 aromatic rings. The van der Waals surface area contributed by atoms with E-state index in [0.29, 0.717) is 0 Å². The molecule has 21 heteroatoms. The molecular weight excluding hydrogens is 536 g/mol. The molecule has 0 radical (unpaired) electrons. The van der Waals surface area contributed by atoms with Crippen LogP contribution in [0.4, 0.5) is 5.82 Å². The van der Waals surface area contributed by atoms with E-state index in [0.717, 1.165) is 6.33 Å². The number of rotatable bonds is 9. The van der Waals surface area contributed by atoms with Crippen molar-refractivity contribution in [3.05, 3.63) is 12.7 Å². The molecule has 2 aliphatic heterocycles. The maximum atomic E-state index is 11.1. The summed E-state index contributed by atoms with van der Waals surface area (Å²) in [5.41, 5.74) is 6.11. The molecule has 4 heterocycles. The predicted molar refractivity (Wildman–Crippen MR) is 111 cm³/mol. The maximum absolute atomic E-state index is 11.1. The van der Waals surface area contributed by atoms with Crippen LogP contribution < -0.4 is 5.73 Å². The van der Waals surface area contributed by atoms with Gasteiger partial charge in [-0.15, -0.1) is 0 Å². The van der Waals surface area contributed by atoms with Gasteiger partial charge in [0.25, 0.3) is 0 Å². The van der Waals surface area contributed by atoms with Crippen LogP contribution in [0.25, 0.3) is 11.2 Å². The third-order valence-electron chi connectivity index (χ3n) is 5.40. The molecule has 2 saturated heterocycles. The van der Waals surface area contributed by atoms with Crippen molar-refractivity contribution < 1.29 is 67.3 Å². The Bertz CT molecular complexity index is 1170. The first-order chi connectivity index (χ1) is 16.7. The number of anilines is 1. The number of aliphatic hydroxyl groups excluding tert-OH is 3. The van der Waals surface area contributed by atoms with Gasteiger partial charge in [-0.2, -0.15) is 0 Å². The van der Waals surface area contributed by atoms with Gasteiger partial charge in [0.15, 0.2) is 24.0 Å². The number of fused-ring (bicyclic) bond motifs is 1. The molecule has 3 unspecified atom stereocenters. The number of phosphoric ester groups is 2. The lowest BCUT2D eigenvalue weighted by Gasteiger charge is -2.26. The first-order valence-electron chi connectivity index (χ1n) is 10.1. The Labute approximate surface area is 200 Å². The number of aromatic nitrogens is 4. The highest BCUT2D eigenvalue weighted by Gasteiger charge is 2.52. The molecule has 0 bridgehead atoms. The Kier molecular flexibility index (Phi) is 7.78. The van der Waals surface area contributed by atoms with E-state index in [1.165, 1.54) is 10.9 Å². The highest BCUT2D eigenvalue weighted by Crippen LogP contribution is 2.41. The van der Waals surface area contributed by atoms with E-state index < -0.39 is 78.0 Å².